The third-order valence-corrected chi connectivity index (χ3v) is 4.02. The number of nitrogens with zero attached hydrogens (tertiary/aromatic N) is 3. The number of aliphatic hydroxyl groups is 1. The average molecular weight is 377 g/mol. The lowest BCUT2D eigenvalue weighted by atomic mass is 10.3. The van der Waals surface area contributed by atoms with Crippen LogP contribution in [0.2, 0.25) is 0 Å². The van der Waals surface area contributed by atoms with E-state index in [1.165, 1.54) is 11.6 Å². The van der Waals surface area contributed by atoms with Crippen molar-refractivity contribution in [2.75, 3.05) is 11.9 Å². The van der Waals surface area contributed by atoms with Gasteiger partial charge in [-0.25, -0.2) is 4.79 Å². The van der Waals surface area contributed by atoms with Gasteiger partial charge in [0.05, 0.1) is 38.2 Å². The van der Waals surface area contributed by atoms with E-state index in [0.29, 0.717) is 18.3 Å². The number of imidazole rings is 1. The van der Waals surface area contributed by atoms with Gasteiger partial charge in [0, 0.05) is 7.05 Å². The maximum atomic E-state index is 12.4. The number of furan rings is 1. The number of H-pyrrole nitrogens is 1. The molecule has 27 heavy (non-hydrogen) atoms. The molecule has 3 heterocycles. The maximum absolute atomic E-state index is 12.4. The second-order valence-electron chi connectivity index (χ2n) is 6.51. The van der Waals surface area contributed by atoms with Gasteiger partial charge >= 0.3 is 5.69 Å². The van der Waals surface area contributed by atoms with Crippen LogP contribution >= 0.6 is 0 Å². The number of ether oxygens (including phenoxy) is 1. The van der Waals surface area contributed by atoms with E-state index in [2.05, 4.69) is 15.3 Å². The standard InChI is InChI=1S/C17H23N5O5/c1-10(2)27-9-11(23)8-22-13-14(21(3)17(25)20-15(13)24)19-16(22)18-7-12-5-4-6-26-12/h4-6,10-11,23H,7-9H2,1-3H3,(H,18,19)(H,20,24,25)/t11-/m0/s1. The molecule has 10 nitrogen and oxygen atoms in total. The Labute approximate surface area is 154 Å². The van der Waals surface area contributed by atoms with Crippen molar-refractivity contribution < 1.29 is 14.3 Å². The van der Waals surface area contributed by atoms with E-state index in [0.717, 1.165) is 0 Å². The second-order valence-corrected chi connectivity index (χ2v) is 6.51. The minimum Gasteiger partial charge on any atom is -0.467 e. The molecule has 0 bridgehead atoms. The molecule has 0 aliphatic rings. The summed E-state index contributed by atoms with van der Waals surface area (Å²) in [5.74, 6) is 1.02. The molecule has 0 spiro atoms. The molecular weight excluding hydrogens is 354 g/mol. The summed E-state index contributed by atoms with van der Waals surface area (Å²) in [7, 11) is 1.52. The molecule has 3 aromatic heterocycles. The topological polar surface area (TPSA) is 127 Å². The van der Waals surface area contributed by atoms with Crippen molar-refractivity contribution >= 4 is 17.1 Å². The van der Waals surface area contributed by atoms with E-state index in [4.69, 9.17) is 9.15 Å². The van der Waals surface area contributed by atoms with Gasteiger partial charge in [-0.2, -0.15) is 4.98 Å². The van der Waals surface area contributed by atoms with Crippen LogP contribution in [0.1, 0.15) is 19.6 Å². The fourth-order valence-electron chi connectivity index (χ4n) is 2.69. The van der Waals surface area contributed by atoms with Gasteiger partial charge < -0.3 is 24.1 Å². The number of aromatic nitrogens is 4. The lowest BCUT2D eigenvalue weighted by Crippen LogP contribution is -2.30. The summed E-state index contributed by atoms with van der Waals surface area (Å²) >= 11 is 0. The number of hydrogen-bond acceptors (Lipinski definition) is 7. The third-order valence-electron chi connectivity index (χ3n) is 4.02. The molecule has 0 aliphatic carbocycles. The highest BCUT2D eigenvalue weighted by Gasteiger charge is 2.20. The molecule has 3 aromatic rings. The number of hydrogen-bond donors (Lipinski definition) is 3. The van der Waals surface area contributed by atoms with Crippen LogP contribution in [0.15, 0.2) is 32.4 Å². The Morgan fingerprint density at radius 3 is 2.85 bits per heavy atom. The van der Waals surface area contributed by atoms with Crippen molar-refractivity contribution in [2.24, 2.45) is 7.05 Å². The number of aliphatic hydroxyl groups excluding tert-OH is 1. The van der Waals surface area contributed by atoms with Crippen molar-refractivity contribution in [3.05, 3.63) is 45.0 Å². The predicted molar refractivity (Wildman–Crippen MR) is 98.7 cm³/mol. The zero-order chi connectivity index (χ0) is 19.6. The van der Waals surface area contributed by atoms with E-state index in [1.54, 1.807) is 23.0 Å². The van der Waals surface area contributed by atoms with Crippen molar-refractivity contribution in [1.82, 2.24) is 19.1 Å². The van der Waals surface area contributed by atoms with Crippen LogP contribution < -0.4 is 16.6 Å². The van der Waals surface area contributed by atoms with Gasteiger partial charge in [-0.3, -0.25) is 14.3 Å². The lowest BCUT2D eigenvalue weighted by molar-refractivity contribution is -0.000109. The predicted octanol–water partition coefficient (Wildman–Crippen LogP) is 0.414. The third kappa shape index (κ3) is 4.12. The fraction of sp³-hybridized carbons (Fsp3) is 0.471. The minimum atomic E-state index is -0.856. The molecule has 0 unspecified atom stereocenters. The number of aryl methyl sites for hydroxylation is 1. The molecule has 0 aromatic carbocycles. The molecule has 0 amide bonds. The molecule has 3 rings (SSSR count). The zero-order valence-corrected chi connectivity index (χ0v) is 15.4. The lowest BCUT2D eigenvalue weighted by Gasteiger charge is -2.16. The number of fused-ring (bicyclic) bond motifs is 1. The van der Waals surface area contributed by atoms with E-state index in [-0.39, 0.29) is 30.4 Å². The Morgan fingerprint density at radius 2 is 2.19 bits per heavy atom. The molecular formula is C17H23N5O5. The first-order valence-electron chi connectivity index (χ1n) is 8.62. The first-order chi connectivity index (χ1) is 12.9. The summed E-state index contributed by atoms with van der Waals surface area (Å²) < 4.78 is 13.5. The van der Waals surface area contributed by atoms with Crippen LogP contribution in [-0.4, -0.2) is 43.0 Å². The molecule has 10 heteroatoms. The van der Waals surface area contributed by atoms with Gasteiger partial charge in [0.25, 0.3) is 5.56 Å². The second kappa shape index (κ2) is 7.80. The smallest absolute Gasteiger partial charge is 0.329 e. The van der Waals surface area contributed by atoms with Gasteiger partial charge in [-0.15, -0.1) is 0 Å². The van der Waals surface area contributed by atoms with Gasteiger partial charge in [-0.1, -0.05) is 0 Å². The van der Waals surface area contributed by atoms with Crippen molar-refractivity contribution in [3.8, 4) is 0 Å². The van der Waals surface area contributed by atoms with Crippen LogP contribution in [0, 0.1) is 0 Å². The Morgan fingerprint density at radius 1 is 1.41 bits per heavy atom. The summed E-state index contributed by atoms with van der Waals surface area (Å²) in [5, 5.41) is 13.4. The number of aromatic amines is 1. The van der Waals surface area contributed by atoms with Crippen LogP contribution in [0.5, 0.6) is 0 Å². The minimum absolute atomic E-state index is 0.0278. The maximum Gasteiger partial charge on any atom is 0.329 e. The number of nitrogens with one attached hydrogen (secondary N) is 2. The molecule has 0 fully saturated rings. The normalized spacial score (nSPS) is 12.8. The summed E-state index contributed by atoms with van der Waals surface area (Å²) in [6, 6.07) is 3.56. The van der Waals surface area contributed by atoms with Gasteiger partial charge in [0.1, 0.15) is 5.76 Å². The van der Waals surface area contributed by atoms with E-state index in [1.807, 2.05) is 13.8 Å². The molecule has 0 aliphatic heterocycles. The largest absolute Gasteiger partial charge is 0.467 e. The zero-order valence-electron chi connectivity index (χ0n) is 15.4. The van der Waals surface area contributed by atoms with E-state index >= 15 is 0 Å². The Hall–Kier alpha value is -2.85. The highest BCUT2D eigenvalue weighted by Crippen LogP contribution is 2.17. The van der Waals surface area contributed by atoms with Crippen molar-refractivity contribution in [3.63, 3.8) is 0 Å². The average Bonchev–Trinajstić information content (AvgIpc) is 3.24. The monoisotopic (exact) mass is 377 g/mol. The van der Waals surface area contributed by atoms with Crippen LogP contribution in [-0.2, 0) is 24.9 Å². The van der Waals surface area contributed by atoms with Crippen molar-refractivity contribution in [2.45, 2.75) is 39.1 Å². The number of anilines is 1. The van der Waals surface area contributed by atoms with Crippen LogP contribution in [0.4, 0.5) is 5.95 Å². The van der Waals surface area contributed by atoms with Crippen LogP contribution in [0.3, 0.4) is 0 Å². The first-order valence-corrected chi connectivity index (χ1v) is 8.62. The van der Waals surface area contributed by atoms with E-state index in [9.17, 15) is 14.7 Å². The Balaban J connectivity index is 1.98. The highest BCUT2D eigenvalue weighted by molar-refractivity contribution is 5.74. The first kappa shape index (κ1) is 18.9. The quantitative estimate of drug-likeness (QED) is 0.519. The highest BCUT2D eigenvalue weighted by atomic mass is 16.5. The summed E-state index contributed by atoms with van der Waals surface area (Å²) in [4.78, 5) is 30.9. The van der Waals surface area contributed by atoms with Gasteiger partial charge in [0.2, 0.25) is 5.95 Å². The SMILES string of the molecule is CC(C)OC[C@@H](O)Cn1c(NCc2ccco2)nc2c1c(=O)[nH]c(=O)n2C. The van der Waals surface area contributed by atoms with Gasteiger partial charge in [0.15, 0.2) is 11.2 Å². The molecule has 146 valence electrons. The van der Waals surface area contributed by atoms with Crippen LogP contribution in [0.25, 0.3) is 11.2 Å². The Bertz CT molecular complexity index is 1010. The van der Waals surface area contributed by atoms with E-state index < -0.39 is 17.4 Å². The summed E-state index contributed by atoms with van der Waals surface area (Å²) in [5.41, 5.74) is -0.702. The number of rotatable bonds is 8. The molecule has 0 saturated carbocycles. The summed E-state index contributed by atoms with van der Waals surface area (Å²) in [6.45, 7) is 4.26. The molecule has 3 N–H and O–H groups in total. The molecule has 0 radical (unpaired) electrons. The van der Waals surface area contributed by atoms with Crippen molar-refractivity contribution in [1.29, 1.82) is 0 Å². The van der Waals surface area contributed by atoms with Gasteiger partial charge in [-0.05, 0) is 26.0 Å². The molecule has 1 atom stereocenters. The summed E-state index contributed by atoms with van der Waals surface area (Å²) in [6.07, 6.45) is 0.673. The fourth-order valence-corrected chi connectivity index (χ4v) is 2.69. The Kier molecular flexibility index (Phi) is 5.47. The molecule has 0 saturated heterocycles.